The van der Waals surface area contributed by atoms with Crippen molar-refractivity contribution in [2.75, 3.05) is 11.9 Å². The molecule has 1 aliphatic carbocycles. The number of hydrogen-bond donors (Lipinski definition) is 3. The van der Waals surface area contributed by atoms with Crippen molar-refractivity contribution in [3.63, 3.8) is 0 Å². The van der Waals surface area contributed by atoms with Gasteiger partial charge in [-0.15, -0.1) is 0 Å². The Labute approximate surface area is 193 Å². The summed E-state index contributed by atoms with van der Waals surface area (Å²) in [7, 11) is 0. The van der Waals surface area contributed by atoms with Crippen LogP contribution in [0.5, 0.6) is 0 Å². The third kappa shape index (κ3) is 6.05. The van der Waals surface area contributed by atoms with Crippen LogP contribution in [0.3, 0.4) is 0 Å². The molecule has 0 aliphatic heterocycles. The Morgan fingerprint density at radius 1 is 0.970 bits per heavy atom. The number of carbonyl (C=O) groups is 2. The molecule has 0 spiro atoms. The SMILES string of the molecule is CCc1ccc(C(NCC(=O)Nc2ccccc2C(=O)NC2CC2)c2cccc(F)c2)cc1. The fourth-order valence-electron chi connectivity index (χ4n) is 3.73. The first kappa shape index (κ1) is 22.7. The third-order valence-corrected chi connectivity index (χ3v) is 5.73. The van der Waals surface area contributed by atoms with Crippen molar-refractivity contribution in [2.45, 2.75) is 38.3 Å². The van der Waals surface area contributed by atoms with Crippen molar-refractivity contribution in [2.24, 2.45) is 0 Å². The van der Waals surface area contributed by atoms with E-state index in [0.717, 1.165) is 30.4 Å². The van der Waals surface area contributed by atoms with Gasteiger partial charge in [-0.25, -0.2) is 4.39 Å². The van der Waals surface area contributed by atoms with Crippen molar-refractivity contribution < 1.29 is 14.0 Å². The molecular formula is C27H28FN3O2. The van der Waals surface area contributed by atoms with Crippen LogP contribution in [0.1, 0.15) is 52.9 Å². The topological polar surface area (TPSA) is 70.2 Å². The van der Waals surface area contributed by atoms with Crippen LogP contribution in [-0.4, -0.2) is 24.4 Å². The van der Waals surface area contributed by atoms with Crippen LogP contribution >= 0.6 is 0 Å². The highest BCUT2D eigenvalue weighted by atomic mass is 19.1. The van der Waals surface area contributed by atoms with E-state index in [1.165, 1.54) is 17.7 Å². The minimum absolute atomic E-state index is 0.00468. The number of anilines is 1. The van der Waals surface area contributed by atoms with Crippen LogP contribution < -0.4 is 16.0 Å². The normalized spacial score (nSPS) is 13.9. The zero-order chi connectivity index (χ0) is 23.2. The first-order valence-corrected chi connectivity index (χ1v) is 11.3. The first-order chi connectivity index (χ1) is 16.0. The Balaban J connectivity index is 1.47. The maximum atomic E-state index is 13.9. The summed E-state index contributed by atoms with van der Waals surface area (Å²) in [5.74, 6) is -0.798. The standard InChI is InChI=1S/C27H28FN3O2/c1-2-18-10-12-19(13-11-18)26(20-6-5-7-21(28)16-20)29-17-25(32)31-24-9-4-3-8-23(24)27(33)30-22-14-15-22/h3-13,16,22,26,29H,2,14-15,17H2,1H3,(H,30,33)(H,31,32). The zero-order valence-corrected chi connectivity index (χ0v) is 18.6. The Morgan fingerprint density at radius 3 is 2.42 bits per heavy atom. The number of benzene rings is 3. The molecule has 0 heterocycles. The van der Waals surface area contributed by atoms with Gasteiger partial charge in [-0.2, -0.15) is 0 Å². The first-order valence-electron chi connectivity index (χ1n) is 11.3. The number of amides is 2. The summed E-state index contributed by atoms with van der Waals surface area (Å²) in [6, 6.07) is 21.3. The van der Waals surface area contributed by atoms with Crippen molar-refractivity contribution in [3.05, 3.63) is 101 Å². The predicted octanol–water partition coefficient (Wildman–Crippen LogP) is 4.60. The number of hydrogen-bond acceptors (Lipinski definition) is 3. The Bertz CT molecular complexity index is 1130. The Hall–Kier alpha value is -3.51. The minimum Gasteiger partial charge on any atom is -0.349 e. The van der Waals surface area contributed by atoms with E-state index in [4.69, 9.17) is 0 Å². The summed E-state index contributed by atoms with van der Waals surface area (Å²) in [6.07, 6.45) is 2.91. The smallest absolute Gasteiger partial charge is 0.253 e. The highest BCUT2D eigenvalue weighted by Gasteiger charge is 2.25. The van der Waals surface area contributed by atoms with Crippen molar-refractivity contribution in [1.29, 1.82) is 0 Å². The van der Waals surface area contributed by atoms with Gasteiger partial charge in [0, 0.05) is 6.04 Å². The van der Waals surface area contributed by atoms with E-state index in [-0.39, 0.29) is 36.3 Å². The van der Waals surface area contributed by atoms with E-state index in [1.807, 2.05) is 30.3 Å². The molecule has 1 saturated carbocycles. The van der Waals surface area contributed by atoms with Crippen LogP contribution in [0.4, 0.5) is 10.1 Å². The maximum Gasteiger partial charge on any atom is 0.253 e. The summed E-state index contributed by atoms with van der Waals surface area (Å²) in [5, 5.41) is 9.04. The number of rotatable bonds is 9. The molecule has 0 radical (unpaired) electrons. The quantitative estimate of drug-likeness (QED) is 0.451. The van der Waals surface area contributed by atoms with E-state index >= 15 is 0 Å². The minimum atomic E-state index is -0.356. The highest BCUT2D eigenvalue weighted by molar-refractivity contribution is 6.04. The van der Waals surface area contributed by atoms with Gasteiger partial charge >= 0.3 is 0 Å². The summed E-state index contributed by atoms with van der Waals surface area (Å²) >= 11 is 0. The van der Waals surface area contributed by atoms with E-state index in [2.05, 4.69) is 22.9 Å². The van der Waals surface area contributed by atoms with Gasteiger partial charge < -0.3 is 10.6 Å². The van der Waals surface area contributed by atoms with Gasteiger partial charge in [-0.3, -0.25) is 14.9 Å². The molecule has 3 aromatic carbocycles. The van der Waals surface area contributed by atoms with Crippen LogP contribution in [0.2, 0.25) is 0 Å². The Morgan fingerprint density at radius 2 is 1.73 bits per heavy atom. The van der Waals surface area contributed by atoms with Gasteiger partial charge in [0.15, 0.2) is 0 Å². The number of para-hydroxylation sites is 1. The lowest BCUT2D eigenvalue weighted by molar-refractivity contribution is -0.115. The van der Waals surface area contributed by atoms with Gasteiger partial charge in [0.25, 0.3) is 5.91 Å². The third-order valence-electron chi connectivity index (χ3n) is 5.73. The second-order valence-corrected chi connectivity index (χ2v) is 8.31. The molecule has 0 bridgehead atoms. The molecule has 4 rings (SSSR count). The number of nitrogens with one attached hydrogen (secondary N) is 3. The molecule has 0 saturated heterocycles. The second-order valence-electron chi connectivity index (χ2n) is 8.31. The molecule has 6 heteroatoms. The van der Waals surface area contributed by atoms with Gasteiger partial charge in [0.2, 0.25) is 5.91 Å². The van der Waals surface area contributed by atoms with Crippen LogP contribution in [0, 0.1) is 5.82 Å². The molecule has 1 atom stereocenters. The van der Waals surface area contributed by atoms with Gasteiger partial charge in [-0.05, 0) is 60.2 Å². The molecule has 5 nitrogen and oxygen atoms in total. The summed E-state index contributed by atoms with van der Waals surface area (Å²) in [5.41, 5.74) is 3.79. The molecule has 1 fully saturated rings. The van der Waals surface area contributed by atoms with Crippen LogP contribution in [-0.2, 0) is 11.2 Å². The van der Waals surface area contributed by atoms with E-state index < -0.39 is 0 Å². The lowest BCUT2D eigenvalue weighted by atomic mass is 9.97. The monoisotopic (exact) mass is 445 g/mol. The number of halogens is 1. The summed E-state index contributed by atoms with van der Waals surface area (Å²) < 4.78 is 13.9. The lowest BCUT2D eigenvalue weighted by Gasteiger charge is -2.20. The average Bonchev–Trinajstić information content (AvgIpc) is 3.64. The van der Waals surface area contributed by atoms with Gasteiger partial charge in [0.05, 0.1) is 23.8 Å². The summed E-state index contributed by atoms with van der Waals surface area (Å²) in [4.78, 5) is 25.3. The molecule has 170 valence electrons. The summed E-state index contributed by atoms with van der Waals surface area (Å²) in [6.45, 7) is 2.08. The van der Waals surface area contributed by atoms with Crippen molar-refractivity contribution in [3.8, 4) is 0 Å². The average molecular weight is 446 g/mol. The fraction of sp³-hybridized carbons (Fsp3) is 0.259. The fourth-order valence-corrected chi connectivity index (χ4v) is 3.73. The van der Waals surface area contributed by atoms with Crippen molar-refractivity contribution >= 4 is 17.5 Å². The van der Waals surface area contributed by atoms with Gasteiger partial charge in [-0.1, -0.05) is 55.5 Å². The van der Waals surface area contributed by atoms with E-state index in [1.54, 1.807) is 30.3 Å². The van der Waals surface area contributed by atoms with E-state index in [0.29, 0.717) is 11.3 Å². The van der Waals surface area contributed by atoms with Crippen molar-refractivity contribution in [1.82, 2.24) is 10.6 Å². The molecule has 33 heavy (non-hydrogen) atoms. The number of carbonyl (C=O) groups excluding carboxylic acids is 2. The van der Waals surface area contributed by atoms with Gasteiger partial charge in [0.1, 0.15) is 5.82 Å². The van der Waals surface area contributed by atoms with Crippen LogP contribution in [0.15, 0.2) is 72.8 Å². The molecule has 3 N–H and O–H groups in total. The maximum absolute atomic E-state index is 13.9. The molecule has 3 aromatic rings. The molecular weight excluding hydrogens is 417 g/mol. The Kier molecular flexibility index (Phi) is 7.15. The second kappa shape index (κ2) is 10.4. The lowest BCUT2D eigenvalue weighted by Crippen LogP contribution is -2.33. The van der Waals surface area contributed by atoms with Crippen LogP contribution in [0.25, 0.3) is 0 Å². The molecule has 1 unspecified atom stereocenters. The largest absolute Gasteiger partial charge is 0.349 e. The molecule has 2 amide bonds. The predicted molar refractivity (Wildman–Crippen MR) is 128 cm³/mol. The number of aryl methyl sites for hydroxylation is 1. The molecule has 0 aromatic heterocycles. The molecule has 1 aliphatic rings. The van der Waals surface area contributed by atoms with E-state index in [9.17, 15) is 14.0 Å². The zero-order valence-electron chi connectivity index (χ0n) is 18.6. The highest BCUT2D eigenvalue weighted by Crippen LogP contribution is 2.24.